The van der Waals surface area contributed by atoms with Gasteiger partial charge < -0.3 is 19.1 Å². The average molecular weight is 424 g/mol. The predicted molar refractivity (Wildman–Crippen MR) is 118 cm³/mol. The molecule has 2 heterocycles. The third kappa shape index (κ3) is 3.75. The normalized spacial score (nSPS) is 15.4. The van der Waals surface area contributed by atoms with Crippen molar-refractivity contribution < 1.29 is 19.0 Å². The number of ether oxygens (including phenoxy) is 3. The first kappa shape index (κ1) is 20.3. The highest BCUT2D eigenvalue weighted by Crippen LogP contribution is 2.42. The Kier molecular flexibility index (Phi) is 5.95. The minimum atomic E-state index is -0.160. The van der Waals surface area contributed by atoms with Crippen molar-refractivity contribution in [1.82, 2.24) is 4.90 Å². The Hall–Kier alpha value is -2.99. The smallest absolute Gasteiger partial charge is 0.254 e. The zero-order chi connectivity index (χ0) is 21.1. The molecule has 1 unspecified atom stereocenters. The molecule has 1 atom stereocenters. The van der Waals surface area contributed by atoms with Crippen LogP contribution in [-0.4, -0.2) is 38.2 Å². The van der Waals surface area contributed by atoms with Crippen molar-refractivity contribution in [2.45, 2.75) is 19.4 Å². The van der Waals surface area contributed by atoms with Crippen molar-refractivity contribution in [2.75, 3.05) is 27.4 Å². The number of thiophene rings is 1. The molecule has 0 spiro atoms. The van der Waals surface area contributed by atoms with Gasteiger partial charge in [-0.05, 0) is 72.3 Å². The molecule has 2 aromatic carbocycles. The van der Waals surface area contributed by atoms with E-state index in [9.17, 15) is 4.79 Å². The second-order valence-corrected chi connectivity index (χ2v) is 8.01. The molecule has 1 aliphatic rings. The summed E-state index contributed by atoms with van der Waals surface area (Å²) in [7, 11) is 3.28. The van der Waals surface area contributed by atoms with Crippen LogP contribution in [0.25, 0.3) is 0 Å². The zero-order valence-corrected chi connectivity index (χ0v) is 18.2. The van der Waals surface area contributed by atoms with E-state index in [1.165, 1.54) is 5.56 Å². The highest BCUT2D eigenvalue weighted by Gasteiger charge is 2.34. The van der Waals surface area contributed by atoms with Crippen LogP contribution in [0.3, 0.4) is 0 Å². The Morgan fingerprint density at radius 2 is 1.83 bits per heavy atom. The van der Waals surface area contributed by atoms with Crippen LogP contribution >= 0.6 is 11.3 Å². The van der Waals surface area contributed by atoms with Crippen molar-refractivity contribution in [3.8, 4) is 17.2 Å². The molecule has 0 saturated heterocycles. The summed E-state index contributed by atoms with van der Waals surface area (Å²) in [6.45, 7) is 3.18. The molecule has 0 N–H and O–H groups in total. The number of benzene rings is 2. The highest BCUT2D eigenvalue weighted by atomic mass is 32.1. The summed E-state index contributed by atoms with van der Waals surface area (Å²) in [6, 6.07) is 15.4. The summed E-state index contributed by atoms with van der Waals surface area (Å²) in [4.78, 5) is 16.6. The van der Waals surface area contributed by atoms with Crippen molar-refractivity contribution in [1.29, 1.82) is 0 Å². The fraction of sp³-hybridized carbons (Fsp3) is 0.292. The van der Waals surface area contributed by atoms with E-state index < -0.39 is 0 Å². The third-order valence-electron chi connectivity index (χ3n) is 5.36. The van der Waals surface area contributed by atoms with Gasteiger partial charge in [0.1, 0.15) is 5.75 Å². The lowest BCUT2D eigenvalue weighted by Crippen LogP contribution is -2.40. The standard InChI is InChI=1S/C24H25NO4S/c1-4-29-18-9-7-16(8-10-18)24(26)25-12-11-17-14-20(27-2)21(28-3)15-19(17)23(25)22-6-5-13-30-22/h5-10,13-15,23H,4,11-12H2,1-3H3. The summed E-state index contributed by atoms with van der Waals surface area (Å²) in [5, 5.41) is 2.05. The molecule has 1 aromatic heterocycles. The number of nitrogens with zero attached hydrogens (tertiary/aromatic N) is 1. The van der Waals surface area contributed by atoms with Crippen LogP contribution in [0.4, 0.5) is 0 Å². The first-order valence-electron chi connectivity index (χ1n) is 9.98. The Bertz CT molecular complexity index is 1010. The van der Waals surface area contributed by atoms with Gasteiger partial charge in [-0.3, -0.25) is 4.79 Å². The fourth-order valence-corrected chi connectivity index (χ4v) is 4.80. The Morgan fingerprint density at radius 3 is 2.47 bits per heavy atom. The Morgan fingerprint density at radius 1 is 1.10 bits per heavy atom. The summed E-state index contributed by atoms with van der Waals surface area (Å²) in [5.74, 6) is 2.17. The number of hydrogen-bond acceptors (Lipinski definition) is 5. The third-order valence-corrected chi connectivity index (χ3v) is 6.28. The summed E-state index contributed by atoms with van der Waals surface area (Å²) in [5.41, 5.74) is 2.92. The van der Waals surface area contributed by atoms with Gasteiger partial charge in [0.05, 0.1) is 26.9 Å². The molecule has 0 bridgehead atoms. The molecule has 0 saturated carbocycles. The van der Waals surface area contributed by atoms with Crippen molar-refractivity contribution in [3.05, 3.63) is 75.5 Å². The molecule has 5 nitrogen and oxygen atoms in total. The number of rotatable bonds is 6. The van der Waals surface area contributed by atoms with E-state index in [1.807, 2.05) is 59.7 Å². The maximum atomic E-state index is 13.5. The predicted octanol–water partition coefficient (Wildman–Crippen LogP) is 4.95. The van der Waals surface area contributed by atoms with Crippen LogP contribution < -0.4 is 14.2 Å². The molecular formula is C24H25NO4S. The lowest BCUT2D eigenvalue weighted by molar-refractivity contribution is 0.0697. The quantitative estimate of drug-likeness (QED) is 0.563. The molecular weight excluding hydrogens is 398 g/mol. The van der Waals surface area contributed by atoms with E-state index in [1.54, 1.807) is 25.6 Å². The van der Waals surface area contributed by atoms with Gasteiger partial charge in [0.25, 0.3) is 5.91 Å². The minimum absolute atomic E-state index is 0.0110. The van der Waals surface area contributed by atoms with Gasteiger partial charge in [-0.2, -0.15) is 0 Å². The second-order valence-electron chi connectivity index (χ2n) is 7.03. The monoisotopic (exact) mass is 423 g/mol. The van der Waals surface area contributed by atoms with Crippen molar-refractivity contribution >= 4 is 17.2 Å². The van der Waals surface area contributed by atoms with Crippen molar-refractivity contribution in [2.24, 2.45) is 0 Å². The number of hydrogen-bond donors (Lipinski definition) is 0. The first-order chi connectivity index (χ1) is 14.7. The largest absolute Gasteiger partial charge is 0.494 e. The molecule has 3 aromatic rings. The molecule has 6 heteroatoms. The molecule has 1 aliphatic heterocycles. The highest BCUT2D eigenvalue weighted by molar-refractivity contribution is 7.10. The van der Waals surface area contributed by atoms with E-state index in [2.05, 4.69) is 6.07 Å². The van der Waals surface area contributed by atoms with Gasteiger partial charge in [0, 0.05) is 17.0 Å². The van der Waals surface area contributed by atoms with Gasteiger partial charge in [0.2, 0.25) is 0 Å². The van der Waals surface area contributed by atoms with E-state index >= 15 is 0 Å². The van der Waals surface area contributed by atoms with E-state index in [4.69, 9.17) is 14.2 Å². The topological polar surface area (TPSA) is 48.0 Å². The number of methoxy groups -OCH3 is 2. The molecule has 4 rings (SSSR count). The van der Waals surface area contributed by atoms with Crippen LogP contribution in [0.15, 0.2) is 53.9 Å². The number of amides is 1. The minimum Gasteiger partial charge on any atom is -0.494 e. The second kappa shape index (κ2) is 8.79. The molecule has 30 heavy (non-hydrogen) atoms. The summed E-state index contributed by atoms with van der Waals surface area (Å²) >= 11 is 1.66. The number of carbonyl (C=O) groups is 1. The molecule has 156 valence electrons. The SMILES string of the molecule is CCOc1ccc(C(=O)N2CCc3cc(OC)c(OC)cc3C2c2cccs2)cc1. The van der Waals surface area contributed by atoms with E-state index in [-0.39, 0.29) is 11.9 Å². The van der Waals surface area contributed by atoms with Crippen molar-refractivity contribution in [3.63, 3.8) is 0 Å². The van der Waals surface area contributed by atoms with Crippen LogP contribution in [0, 0.1) is 0 Å². The Balaban J connectivity index is 1.74. The van der Waals surface area contributed by atoms with Gasteiger partial charge in [-0.15, -0.1) is 11.3 Å². The Labute approximate surface area is 180 Å². The molecule has 0 radical (unpaired) electrons. The van der Waals surface area contributed by atoms with Crippen LogP contribution in [0.5, 0.6) is 17.2 Å². The van der Waals surface area contributed by atoms with Crippen LogP contribution in [0.2, 0.25) is 0 Å². The van der Waals surface area contributed by atoms with Crippen LogP contribution in [-0.2, 0) is 6.42 Å². The van der Waals surface area contributed by atoms with Gasteiger partial charge in [0.15, 0.2) is 11.5 Å². The van der Waals surface area contributed by atoms with E-state index in [0.717, 1.165) is 22.6 Å². The lowest BCUT2D eigenvalue weighted by atomic mass is 9.90. The number of fused-ring (bicyclic) bond motifs is 1. The molecule has 0 fully saturated rings. The van der Waals surface area contributed by atoms with Gasteiger partial charge in [-0.1, -0.05) is 6.07 Å². The average Bonchev–Trinajstić information content (AvgIpc) is 3.32. The van der Waals surface area contributed by atoms with Gasteiger partial charge >= 0.3 is 0 Å². The fourth-order valence-electron chi connectivity index (χ4n) is 3.94. The zero-order valence-electron chi connectivity index (χ0n) is 17.4. The molecule has 1 amide bonds. The summed E-state index contributed by atoms with van der Waals surface area (Å²) in [6.07, 6.45) is 0.764. The first-order valence-corrected chi connectivity index (χ1v) is 10.9. The number of carbonyl (C=O) groups excluding carboxylic acids is 1. The summed E-state index contributed by atoms with van der Waals surface area (Å²) < 4.78 is 16.5. The lowest BCUT2D eigenvalue weighted by Gasteiger charge is -2.37. The maximum absolute atomic E-state index is 13.5. The van der Waals surface area contributed by atoms with Crippen LogP contribution in [0.1, 0.15) is 39.3 Å². The van der Waals surface area contributed by atoms with Gasteiger partial charge in [-0.25, -0.2) is 0 Å². The molecule has 0 aliphatic carbocycles. The maximum Gasteiger partial charge on any atom is 0.254 e. The van der Waals surface area contributed by atoms with E-state index in [0.29, 0.717) is 30.2 Å².